The Labute approximate surface area is 115 Å². The summed E-state index contributed by atoms with van der Waals surface area (Å²) in [6, 6.07) is 0.609. The maximum atomic E-state index is 9.46. The highest BCUT2D eigenvalue weighted by atomic mass is 16.3. The average molecular weight is 264 g/mol. The van der Waals surface area contributed by atoms with Crippen LogP contribution in [0.4, 0.5) is 5.95 Å². The van der Waals surface area contributed by atoms with Crippen LogP contribution in [0.3, 0.4) is 0 Å². The Balaban J connectivity index is 2.02. The van der Waals surface area contributed by atoms with Crippen molar-refractivity contribution in [1.29, 1.82) is 0 Å². The first-order valence-corrected chi connectivity index (χ1v) is 7.03. The lowest BCUT2D eigenvalue weighted by molar-refractivity contribution is 0.244. The molecule has 1 aliphatic heterocycles. The summed E-state index contributed by atoms with van der Waals surface area (Å²) in [5, 5.41) is 12.8. The van der Waals surface area contributed by atoms with Gasteiger partial charge in [0, 0.05) is 37.1 Å². The largest absolute Gasteiger partial charge is 0.394 e. The van der Waals surface area contributed by atoms with E-state index in [1.54, 1.807) is 0 Å². The molecule has 0 radical (unpaired) electrons. The molecule has 0 spiro atoms. The van der Waals surface area contributed by atoms with Gasteiger partial charge in [-0.1, -0.05) is 20.8 Å². The fourth-order valence-electron chi connectivity index (χ4n) is 2.44. The highest BCUT2D eigenvalue weighted by Gasteiger charge is 2.31. The van der Waals surface area contributed by atoms with Crippen molar-refractivity contribution in [3.05, 3.63) is 18.0 Å². The molecule has 1 aromatic rings. The second kappa shape index (κ2) is 6.30. The summed E-state index contributed by atoms with van der Waals surface area (Å²) in [5.74, 6) is 1.23. The van der Waals surface area contributed by atoms with Gasteiger partial charge in [0.2, 0.25) is 5.95 Å². The quantitative estimate of drug-likeness (QED) is 0.836. The lowest BCUT2D eigenvalue weighted by atomic mass is 10.0. The van der Waals surface area contributed by atoms with Gasteiger partial charge >= 0.3 is 0 Å². The Kier molecular flexibility index (Phi) is 4.71. The Bertz CT molecular complexity index is 393. The van der Waals surface area contributed by atoms with Gasteiger partial charge in [-0.05, 0) is 12.3 Å². The molecule has 5 nitrogen and oxygen atoms in total. The second-order valence-electron chi connectivity index (χ2n) is 5.64. The SMILES string of the molecule is CC(C)NCc1cnc(N2CCC(C)C2CO)nc1. The number of anilines is 1. The van der Waals surface area contributed by atoms with Gasteiger partial charge in [-0.2, -0.15) is 0 Å². The topological polar surface area (TPSA) is 61.3 Å². The second-order valence-corrected chi connectivity index (χ2v) is 5.64. The molecule has 19 heavy (non-hydrogen) atoms. The third-order valence-electron chi connectivity index (χ3n) is 3.73. The minimum absolute atomic E-state index is 0.152. The van der Waals surface area contributed by atoms with E-state index in [0.717, 1.165) is 31.0 Å². The van der Waals surface area contributed by atoms with Gasteiger partial charge in [0.25, 0.3) is 0 Å². The Morgan fingerprint density at radius 1 is 1.42 bits per heavy atom. The summed E-state index contributed by atoms with van der Waals surface area (Å²) in [6.45, 7) is 8.29. The molecule has 0 amide bonds. The van der Waals surface area contributed by atoms with Gasteiger partial charge in [-0.25, -0.2) is 9.97 Å². The molecular weight excluding hydrogens is 240 g/mol. The summed E-state index contributed by atoms with van der Waals surface area (Å²) >= 11 is 0. The lowest BCUT2D eigenvalue weighted by Gasteiger charge is -2.25. The van der Waals surface area contributed by atoms with E-state index >= 15 is 0 Å². The minimum Gasteiger partial charge on any atom is -0.394 e. The Hall–Kier alpha value is -1.20. The molecule has 2 unspecified atom stereocenters. The molecule has 1 fully saturated rings. The van der Waals surface area contributed by atoms with Gasteiger partial charge in [0.05, 0.1) is 12.6 Å². The molecule has 0 saturated carbocycles. The molecule has 2 rings (SSSR count). The molecule has 2 atom stereocenters. The number of aliphatic hydroxyl groups is 1. The van der Waals surface area contributed by atoms with Crippen molar-refractivity contribution < 1.29 is 5.11 Å². The van der Waals surface area contributed by atoms with Crippen molar-refractivity contribution in [1.82, 2.24) is 15.3 Å². The van der Waals surface area contributed by atoms with Crippen LogP contribution in [-0.2, 0) is 6.54 Å². The van der Waals surface area contributed by atoms with Crippen molar-refractivity contribution in [3.63, 3.8) is 0 Å². The van der Waals surface area contributed by atoms with E-state index < -0.39 is 0 Å². The number of rotatable bonds is 5. The number of hydrogen-bond donors (Lipinski definition) is 2. The summed E-state index contributed by atoms with van der Waals surface area (Å²) in [4.78, 5) is 11.0. The predicted octanol–water partition coefficient (Wildman–Crippen LogP) is 1.18. The minimum atomic E-state index is 0.152. The van der Waals surface area contributed by atoms with E-state index in [1.165, 1.54) is 0 Å². The van der Waals surface area contributed by atoms with Crippen molar-refractivity contribution in [3.8, 4) is 0 Å². The van der Waals surface area contributed by atoms with E-state index in [2.05, 4.69) is 41.0 Å². The summed E-state index contributed by atoms with van der Waals surface area (Å²) < 4.78 is 0. The van der Waals surface area contributed by atoms with Gasteiger partial charge < -0.3 is 15.3 Å². The number of aliphatic hydroxyl groups excluding tert-OH is 1. The molecule has 1 saturated heterocycles. The van der Waals surface area contributed by atoms with Crippen LogP contribution in [0.15, 0.2) is 12.4 Å². The molecule has 5 heteroatoms. The van der Waals surface area contributed by atoms with E-state index in [4.69, 9.17) is 0 Å². The molecular formula is C14H24N4O. The highest BCUT2D eigenvalue weighted by Crippen LogP contribution is 2.26. The Morgan fingerprint density at radius 2 is 2.11 bits per heavy atom. The lowest BCUT2D eigenvalue weighted by Crippen LogP contribution is -2.36. The van der Waals surface area contributed by atoms with Crippen LogP contribution in [-0.4, -0.2) is 40.3 Å². The summed E-state index contributed by atoms with van der Waals surface area (Å²) in [5.41, 5.74) is 1.09. The van der Waals surface area contributed by atoms with Crippen LogP contribution in [0, 0.1) is 5.92 Å². The standard InChI is InChI=1S/C14H24N4O/c1-10(2)15-6-12-7-16-14(17-8-12)18-5-4-11(3)13(18)9-19/h7-8,10-11,13,15,19H,4-6,9H2,1-3H3. The normalized spacial score (nSPS) is 23.3. The van der Waals surface area contributed by atoms with Crippen LogP contribution in [0.1, 0.15) is 32.8 Å². The molecule has 0 bridgehead atoms. The molecule has 0 aliphatic carbocycles. The van der Waals surface area contributed by atoms with E-state index in [-0.39, 0.29) is 12.6 Å². The maximum Gasteiger partial charge on any atom is 0.225 e. The molecule has 2 N–H and O–H groups in total. The van der Waals surface area contributed by atoms with Gasteiger partial charge in [0.1, 0.15) is 0 Å². The van der Waals surface area contributed by atoms with Crippen LogP contribution in [0.5, 0.6) is 0 Å². The molecule has 2 heterocycles. The average Bonchev–Trinajstić information content (AvgIpc) is 2.78. The van der Waals surface area contributed by atoms with Gasteiger partial charge in [-0.15, -0.1) is 0 Å². The first-order chi connectivity index (χ1) is 9.11. The van der Waals surface area contributed by atoms with Crippen LogP contribution in [0.2, 0.25) is 0 Å². The third kappa shape index (κ3) is 3.42. The Morgan fingerprint density at radius 3 is 2.68 bits per heavy atom. The third-order valence-corrected chi connectivity index (χ3v) is 3.73. The van der Waals surface area contributed by atoms with E-state index in [0.29, 0.717) is 12.0 Å². The number of nitrogens with one attached hydrogen (secondary N) is 1. The maximum absolute atomic E-state index is 9.46. The number of aromatic nitrogens is 2. The smallest absolute Gasteiger partial charge is 0.225 e. The van der Waals surface area contributed by atoms with Crippen molar-refractivity contribution in [2.75, 3.05) is 18.1 Å². The van der Waals surface area contributed by atoms with Gasteiger partial charge in [-0.3, -0.25) is 0 Å². The number of nitrogens with zero attached hydrogens (tertiary/aromatic N) is 3. The van der Waals surface area contributed by atoms with Crippen LogP contribution in [0.25, 0.3) is 0 Å². The van der Waals surface area contributed by atoms with Crippen LogP contribution >= 0.6 is 0 Å². The van der Waals surface area contributed by atoms with Crippen molar-refractivity contribution in [2.45, 2.75) is 45.8 Å². The molecule has 106 valence electrons. The zero-order valence-electron chi connectivity index (χ0n) is 12.0. The fraction of sp³-hybridized carbons (Fsp3) is 0.714. The van der Waals surface area contributed by atoms with Crippen molar-refractivity contribution in [2.24, 2.45) is 5.92 Å². The summed E-state index contributed by atoms with van der Waals surface area (Å²) in [6.07, 6.45) is 4.83. The summed E-state index contributed by atoms with van der Waals surface area (Å²) in [7, 11) is 0. The van der Waals surface area contributed by atoms with Crippen LogP contribution < -0.4 is 10.2 Å². The fourth-order valence-corrected chi connectivity index (χ4v) is 2.44. The zero-order valence-corrected chi connectivity index (χ0v) is 12.0. The van der Waals surface area contributed by atoms with Gasteiger partial charge in [0.15, 0.2) is 0 Å². The first kappa shape index (κ1) is 14.2. The zero-order chi connectivity index (χ0) is 13.8. The first-order valence-electron chi connectivity index (χ1n) is 7.03. The molecule has 1 aromatic heterocycles. The molecule has 0 aromatic carbocycles. The molecule has 1 aliphatic rings. The van der Waals surface area contributed by atoms with Crippen molar-refractivity contribution >= 4 is 5.95 Å². The predicted molar refractivity (Wildman–Crippen MR) is 76.0 cm³/mol. The van der Waals surface area contributed by atoms with E-state index in [1.807, 2.05) is 12.4 Å². The van der Waals surface area contributed by atoms with E-state index in [9.17, 15) is 5.11 Å². The monoisotopic (exact) mass is 264 g/mol. The highest BCUT2D eigenvalue weighted by molar-refractivity contribution is 5.34. The number of hydrogen-bond acceptors (Lipinski definition) is 5.